The quantitative estimate of drug-likeness (QED) is 0.697. The number of hydrogen-bond donors (Lipinski definition) is 0. The predicted molar refractivity (Wildman–Crippen MR) is 78.7 cm³/mol. The van der Waals surface area contributed by atoms with Crippen molar-refractivity contribution in [1.29, 1.82) is 0 Å². The molecule has 3 rings (SSSR count). The predicted octanol–water partition coefficient (Wildman–Crippen LogP) is 3.29. The molecule has 0 aromatic carbocycles. The van der Waals surface area contributed by atoms with Crippen LogP contribution in [0.4, 0.5) is 0 Å². The first-order valence-electron chi connectivity index (χ1n) is 8.22. The minimum atomic E-state index is -0.504. The normalized spacial score (nSPS) is 45.3. The Morgan fingerprint density at radius 2 is 1.48 bits per heavy atom. The Hall–Kier alpha value is -0.610. The Bertz CT molecular complexity index is 442. The van der Waals surface area contributed by atoms with Crippen LogP contribution in [0.5, 0.6) is 0 Å². The molecule has 21 heavy (non-hydrogen) atoms. The summed E-state index contributed by atoms with van der Waals surface area (Å²) in [5.74, 6) is -0.582. The number of methoxy groups -OCH3 is 1. The summed E-state index contributed by atoms with van der Waals surface area (Å²) in [6, 6.07) is 0. The van der Waals surface area contributed by atoms with Crippen LogP contribution in [-0.2, 0) is 19.0 Å². The Morgan fingerprint density at radius 1 is 0.905 bits per heavy atom. The van der Waals surface area contributed by atoms with E-state index < -0.39 is 11.2 Å². The lowest BCUT2D eigenvalue weighted by molar-refractivity contribution is -0.318. The minimum Gasteiger partial charge on any atom is -0.469 e. The Labute approximate surface area is 127 Å². The number of fused-ring (bicyclic) bond motifs is 2. The fraction of sp³-hybridized carbons (Fsp3) is 0.941. The van der Waals surface area contributed by atoms with Crippen molar-refractivity contribution in [1.82, 2.24) is 0 Å². The Morgan fingerprint density at radius 3 is 2.10 bits per heavy atom. The second-order valence-corrected chi connectivity index (χ2v) is 7.64. The summed E-state index contributed by atoms with van der Waals surface area (Å²) < 4.78 is 17.5. The molecule has 0 radical (unpaired) electrons. The van der Waals surface area contributed by atoms with Crippen molar-refractivity contribution in [2.75, 3.05) is 20.3 Å². The van der Waals surface area contributed by atoms with Gasteiger partial charge in [0.25, 0.3) is 0 Å². The van der Waals surface area contributed by atoms with E-state index in [0.29, 0.717) is 13.2 Å². The molecular formula is C17H28O4. The van der Waals surface area contributed by atoms with Crippen LogP contribution in [0, 0.1) is 16.2 Å². The Balaban J connectivity index is 2.10. The van der Waals surface area contributed by atoms with Gasteiger partial charge in [-0.05, 0) is 38.0 Å². The van der Waals surface area contributed by atoms with Crippen molar-refractivity contribution in [3.8, 4) is 0 Å². The SMILES string of the molecule is COC(=O)[C@]1(C)CCC[C@@]2(C)C3(CCC[C@]12C)OCCO3. The maximum atomic E-state index is 12.6. The molecule has 0 amide bonds. The number of esters is 1. The molecule has 2 aliphatic carbocycles. The average Bonchev–Trinajstić information content (AvgIpc) is 2.93. The molecule has 120 valence electrons. The van der Waals surface area contributed by atoms with Crippen LogP contribution < -0.4 is 0 Å². The highest BCUT2D eigenvalue weighted by Crippen LogP contribution is 2.70. The van der Waals surface area contributed by atoms with Crippen LogP contribution in [-0.4, -0.2) is 32.1 Å². The van der Waals surface area contributed by atoms with E-state index >= 15 is 0 Å². The van der Waals surface area contributed by atoms with Crippen molar-refractivity contribution >= 4 is 5.97 Å². The van der Waals surface area contributed by atoms with Gasteiger partial charge < -0.3 is 14.2 Å². The fourth-order valence-electron chi connectivity index (χ4n) is 5.54. The van der Waals surface area contributed by atoms with Crippen molar-refractivity contribution in [2.24, 2.45) is 16.2 Å². The highest BCUT2D eigenvalue weighted by atomic mass is 16.7. The zero-order valence-corrected chi connectivity index (χ0v) is 13.8. The molecule has 3 fully saturated rings. The molecule has 0 aromatic rings. The van der Waals surface area contributed by atoms with Crippen molar-refractivity contribution < 1.29 is 19.0 Å². The zero-order valence-electron chi connectivity index (χ0n) is 13.8. The molecule has 3 atom stereocenters. The van der Waals surface area contributed by atoms with Crippen LogP contribution in [0.1, 0.15) is 59.3 Å². The van der Waals surface area contributed by atoms with Gasteiger partial charge in [0.2, 0.25) is 0 Å². The van der Waals surface area contributed by atoms with E-state index in [-0.39, 0.29) is 16.8 Å². The number of rotatable bonds is 1. The summed E-state index contributed by atoms with van der Waals surface area (Å²) >= 11 is 0. The smallest absolute Gasteiger partial charge is 0.312 e. The van der Waals surface area contributed by atoms with E-state index in [4.69, 9.17) is 14.2 Å². The minimum absolute atomic E-state index is 0.0778. The van der Waals surface area contributed by atoms with Gasteiger partial charge in [0, 0.05) is 11.8 Å². The summed E-state index contributed by atoms with van der Waals surface area (Å²) in [6.07, 6.45) is 5.97. The van der Waals surface area contributed by atoms with Gasteiger partial charge >= 0.3 is 5.97 Å². The molecule has 0 N–H and O–H groups in total. The third-order valence-electron chi connectivity index (χ3n) is 7.20. The largest absolute Gasteiger partial charge is 0.469 e. The topological polar surface area (TPSA) is 44.8 Å². The lowest BCUT2D eigenvalue weighted by Crippen LogP contribution is -2.67. The van der Waals surface area contributed by atoms with Gasteiger partial charge in [0.15, 0.2) is 5.79 Å². The number of ether oxygens (including phenoxy) is 3. The number of carbonyl (C=O) groups is 1. The average molecular weight is 296 g/mol. The van der Waals surface area contributed by atoms with Crippen LogP contribution in [0.25, 0.3) is 0 Å². The standard InChI is InChI=1S/C17H28O4/c1-14(13(18)19-4)7-5-9-16(3)15(14,2)8-6-10-17(16)20-11-12-21-17/h5-12H2,1-4H3/t14-,15+,16+/m0/s1. The van der Waals surface area contributed by atoms with Gasteiger partial charge in [-0.25, -0.2) is 0 Å². The van der Waals surface area contributed by atoms with E-state index in [1.54, 1.807) is 0 Å². The first-order chi connectivity index (χ1) is 9.85. The van der Waals surface area contributed by atoms with E-state index in [9.17, 15) is 4.79 Å². The fourth-order valence-corrected chi connectivity index (χ4v) is 5.54. The summed E-state index contributed by atoms with van der Waals surface area (Å²) in [5.41, 5.74) is -0.763. The summed E-state index contributed by atoms with van der Waals surface area (Å²) in [4.78, 5) is 12.6. The van der Waals surface area contributed by atoms with E-state index in [0.717, 1.165) is 38.5 Å². The molecular weight excluding hydrogens is 268 g/mol. The third kappa shape index (κ3) is 1.66. The number of hydrogen-bond acceptors (Lipinski definition) is 4. The third-order valence-corrected chi connectivity index (χ3v) is 7.20. The highest BCUT2D eigenvalue weighted by Gasteiger charge is 2.71. The first kappa shape index (κ1) is 15.3. The second kappa shape index (κ2) is 4.69. The molecule has 4 nitrogen and oxygen atoms in total. The van der Waals surface area contributed by atoms with Gasteiger partial charge in [-0.2, -0.15) is 0 Å². The van der Waals surface area contributed by atoms with E-state index in [2.05, 4.69) is 20.8 Å². The molecule has 1 saturated heterocycles. The van der Waals surface area contributed by atoms with E-state index in [1.165, 1.54) is 7.11 Å². The molecule has 3 aliphatic rings. The van der Waals surface area contributed by atoms with Crippen LogP contribution in [0.2, 0.25) is 0 Å². The maximum absolute atomic E-state index is 12.6. The van der Waals surface area contributed by atoms with Gasteiger partial charge in [0.05, 0.1) is 25.7 Å². The van der Waals surface area contributed by atoms with Gasteiger partial charge in [-0.1, -0.05) is 20.3 Å². The number of carbonyl (C=O) groups excluding carboxylic acids is 1. The second-order valence-electron chi connectivity index (χ2n) is 7.64. The van der Waals surface area contributed by atoms with Gasteiger partial charge in [0.1, 0.15) is 0 Å². The monoisotopic (exact) mass is 296 g/mol. The lowest BCUT2D eigenvalue weighted by Gasteiger charge is -2.66. The molecule has 2 saturated carbocycles. The Kier molecular flexibility index (Phi) is 3.42. The van der Waals surface area contributed by atoms with E-state index in [1.807, 2.05) is 0 Å². The summed E-state index contributed by atoms with van der Waals surface area (Å²) in [6.45, 7) is 7.96. The van der Waals surface area contributed by atoms with Gasteiger partial charge in [-0.15, -0.1) is 0 Å². The van der Waals surface area contributed by atoms with Crippen LogP contribution >= 0.6 is 0 Å². The molecule has 4 heteroatoms. The molecule has 1 spiro atoms. The van der Waals surface area contributed by atoms with Crippen molar-refractivity contribution in [2.45, 2.75) is 65.1 Å². The van der Waals surface area contributed by atoms with Crippen molar-refractivity contribution in [3.63, 3.8) is 0 Å². The zero-order chi connectivity index (χ0) is 15.4. The molecule has 0 aromatic heterocycles. The highest BCUT2D eigenvalue weighted by molar-refractivity contribution is 5.78. The molecule has 0 bridgehead atoms. The molecule has 0 unspecified atom stereocenters. The molecule has 1 aliphatic heterocycles. The van der Waals surface area contributed by atoms with Crippen LogP contribution in [0.15, 0.2) is 0 Å². The maximum Gasteiger partial charge on any atom is 0.312 e. The van der Waals surface area contributed by atoms with Gasteiger partial charge in [-0.3, -0.25) is 4.79 Å². The van der Waals surface area contributed by atoms with Crippen molar-refractivity contribution in [3.05, 3.63) is 0 Å². The lowest BCUT2D eigenvalue weighted by atomic mass is 9.41. The van der Waals surface area contributed by atoms with Crippen LogP contribution in [0.3, 0.4) is 0 Å². The molecule has 1 heterocycles. The first-order valence-corrected chi connectivity index (χ1v) is 8.22. The summed E-state index contributed by atoms with van der Waals surface area (Å²) in [5, 5.41) is 0. The summed E-state index contributed by atoms with van der Waals surface area (Å²) in [7, 11) is 1.50.